The van der Waals surface area contributed by atoms with Crippen LogP contribution in [0.4, 0.5) is 4.39 Å². The van der Waals surface area contributed by atoms with E-state index in [-0.39, 0.29) is 29.8 Å². The van der Waals surface area contributed by atoms with Gasteiger partial charge in [0.1, 0.15) is 5.82 Å². The first-order chi connectivity index (χ1) is 12.5. The van der Waals surface area contributed by atoms with Crippen LogP contribution in [0.5, 0.6) is 0 Å². The van der Waals surface area contributed by atoms with Gasteiger partial charge in [-0.25, -0.2) is 4.39 Å². The van der Waals surface area contributed by atoms with E-state index < -0.39 is 5.92 Å². The highest BCUT2D eigenvalue weighted by molar-refractivity contribution is 6.31. The average Bonchev–Trinajstić information content (AvgIpc) is 2.61. The zero-order chi connectivity index (χ0) is 18.3. The summed E-state index contributed by atoms with van der Waals surface area (Å²) in [6.45, 7) is 0. The van der Waals surface area contributed by atoms with E-state index in [1.165, 1.54) is 6.07 Å². The number of hydrogen-bond donors (Lipinski definition) is 1. The van der Waals surface area contributed by atoms with E-state index in [1.807, 2.05) is 18.2 Å². The molecule has 1 heterocycles. The molecular weight excluding hydrogens is 353 g/mol. The second-order valence-corrected chi connectivity index (χ2v) is 7.18. The fourth-order valence-corrected chi connectivity index (χ4v) is 4.30. The summed E-state index contributed by atoms with van der Waals surface area (Å²) >= 11 is 6.29. The normalized spacial score (nSPS) is 22.8. The molecule has 0 aromatic heterocycles. The Morgan fingerprint density at radius 3 is 2.35 bits per heavy atom. The number of nitrogens with one attached hydrogen (secondary N) is 1. The summed E-state index contributed by atoms with van der Waals surface area (Å²) in [5.74, 6) is -1.25. The van der Waals surface area contributed by atoms with Crippen LogP contribution in [0.15, 0.2) is 59.8 Å². The van der Waals surface area contributed by atoms with Gasteiger partial charge >= 0.3 is 0 Å². The van der Waals surface area contributed by atoms with Crippen molar-refractivity contribution < 1.29 is 14.0 Å². The van der Waals surface area contributed by atoms with Crippen molar-refractivity contribution in [3.8, 4) is 0 Å². The second-order valence-electron chi connectivity index (χ2n) is 6.77. The van der Waals surface area contributed by atoms with Gasteiger partial charge in [-0.3, -0.25) is 9.59 Å². The molecule has 0 saturated heterocycles. The van der Waals surface area contributed by atoms with Crippen LogP contribution in [0.3, 0.4) is 0 Å². The van der Waals surface area contributed by atoms with Crippen LogP contribution in [0.2, 0.25) is 5.02 Å². The number of amides is 1. The minimum Gasteiger partial charge on any atom is -0.329 e. The first-order valence-corrected chi connectivity index (χ1v) is 8.97. The maximum Gasteiger partial charge on any atom is 0.225 e. The van der Waals surface area contributed by atoms with Crippen molar-refractivity contribution >= 4 is 23.3 Å². The fraction of sp³-hybridized carbons (Fsp3) is 0.238. The third kappa shape index (κ3) is 2.95. The quantitative estimate of drug-likeness (QED) is 0.848. The molecule has 2 aliphatic rings. The van der Waals surface area contributed by atoms with E-state index in [2.05, 4.69) is 5.32 Å². The largest absolute Gasteiger partial charge is 0.329 e. The maximum atomic E-state index is 14.3. The molecule has 1 aliphatic heterocycles. The number of Topliss-reactive ketones (excluding diaryl/α,β-unsaturated/α-hetero) is 1. The van der Waals surface area contributed by atoms with Crippen molar-refractivity contribution in [2.45, 2.75) is 31.1 Å². The lowest BCUT2D eigenvalue weighted by molar-refractivity contribution is -0.122. The van der Waals surface area contributed by atoms with E-state index in [4.69, 9.17) is 11.6 Å². The molecule has 2 aromatic carbocycles. The Morgan fingerprint density at radius 1 is 0.923 bits per heavy atom. The predicted octanol–water partition coefficient (Wildman–Crippen LogP) is 4.48. The Hall–Kier alpha value is -2.46. The van der Waals surface area contributed by atoms with Gasteiger partial charge in [-0.1, -0.05) is 48.0 Å². The van der Waals surface area contributed by atoms with E-state index in [1.54, 1.807) is 24.3 Å². The Bertz CT molecular complexity index is 937. The highest BCUT2D eigenvalue weighted by Gasteiger charge is 2.39. The van der Waals surface area contributed by atoms with Gasteiger partial charge in [0, 0.05) is 35.1 Å². The van der Waals surface area contributed by atoms with Crippen LogP contribution in [0.1, 0.15) is 42.2 Å². The number of carbonyl (C=O) groups excluding carboxylic acids is 2. The maximum absolute atomic E-state index is 14.3. The van der Waals surface area contributed by atoms with Gasteiger partial charge in [-0.15, -0.1) is 0 Å². The van der Waals surface area contributed by atoms with Crippen LogP contribution in [0, 0.1) is 5.82 Å². The number of allylic oxidation sites excluding steroid dienone is 2. The van der Waals surface area contributed by atoms with E-state index in [9.17, 15) is 14.0 Å². The first-order valence-electron chi connectivity index (χ1n) is 8.59. The first kappa shape index (κ1) is 17.0. The van der Waals surface area contributed by atoms with Crippen molar-refractivity contribution in [2.24, 2.45) is 0 Å². The van der Waals surface area contributed by atoms with Crippen molar-refractivity contribution in [3.05, 3.63) is 81.8 Å². The van der Waals surface area contributed by atoms with Gasteiger partial charge in [0.2, 0.25) is 5.91 Å². The lowest BCUT2D eigenvalue weighted by Gasteiger charge is -2.34. The number of hydrogen-bond acceptors (Lipinski definition) is 2. The fourth-order valence-electron chi connectivity index (χ4n) is 4.01. The lowest BCUT2D eigenvalue weighted by atomic mass is 9.73. The molecule has 4 rings (SSSR count). The zero-order valence-electron chi connectivity index (χ0n) is 14.0. The molecule has 2 aromatic rings. The van der Waals surface area contributed by atoms with Gasteiger partial charge in [0.15, 0.2) is 5.78 Å². The smallest absolute Gasteiger partial charge is 0.225 e. The minimum atomic E-state index is -0.528. The molecule has 0 fully saturated rings. The SMILES string of the molecule is O=C1CC(c2ccccc2F)C2=C(CC(c3ccccc3Cl)CC2=O)N1. The second kappa shape index (κ2) is 6.69. The average molecular weight is 370 g/mol. The standard InChI is InChI=1S/C21H17ClFNO2/c22-16-7-3-1-5-13(16)12-9-18-21(19(25)10-12)15(11-20(26)24-18)14-6-2-4-8-17(14)23/h1-8,12,15H,9-11H2,(H,24,26). The summed E-state index contributed by atoms with van der Waals surface area (Å²) in [5.41, 5.74) is 2.45. The van der Waals surface area contributed by atoms with Gasteiger partial charge in [0.05, 0.1) is 0 Å². The number of carbonyl (C=O) groups is 2. The molecule has 0 radical (unpaired) electrons. The molecule has 132 valence electrons. The van der Waals surface area contributed by atoms with Crippen molar-refractivity contribution in [3.63, 3.8) is 0 Å². The van der Waals surface area contributed by atoms with E-state index in [0.29, 0.717) is 34.7 Å². The molecule has 1 amide bonds. The van der Waals surface area contributed by atoms with Crippen LogP contribution < -0.4 is 5.32 Å². The number of benzene rings is 2. The summed E-state index contributed by atoms with van der Waals surface area (Å²) in [4.78, 5) is 25.2. The summed E-state index contributed by atoms with van der Waals surface area (Å²) in [5, 5.41) is 3.45. The van der Waals surface area contributed by atoms with Crippen LogP contribution in [-0.2, 0) is 9.59 Å². The summed E-state index contributed by atoms with van der Waals surface area (Å²) in [6, 6.07) is 13.8. The molecule has 0 bridgehead atoms. The molecule has 5 heteroatoms. The summed E-state index contributed by atoms with van der Waals surface area (Å²) in [6.07, 6.45) is 0.910. The number of ketones is 1. The van der Waals surface area contributed by atoms with Crippen LogP contribution in [0.25, 0.3) is 0 Å². The van der Waals surface area contributed by atoms with Gasteiger partial charge in [0.25, 0.3) is 0 Å². The molecule has 1 N–H and O–H groups in total. The van der Waals surface area contributed by atoms with Crippen molar-refractivity contribution in [1.29, 1.82) is 0 Å². The zero-order valence-corrected chi connectivity index (χ0v) is 14.7. The molecule has 0 spiro atoms. The summed E-state index contributed by atoms with van der Waals surface area (Å²) < 4.78 is 14.3. The Labute approximate surface area is 155 Å². The lowest BCUT2D eigenvalue weighted by Crippen LogP contribution is -2.38. The third-order valence-corrected chi connectivity index (χ3v) is 5.51. The van der Waals surface area contributed by atoms with Crippen LogP contribution in [-0.4, -0.2) is 11.7 Å². The molecule has 0 saturated carbocycles. The molecule has 2 unspecified atom stereocenters. The summed E-state index contributed by atoms with van der Waals surface area (Å²) in [7, 11) is 0. The number of rotatable bonds is 2. The van der Waals surface area contributed by atoms with Gasteiger partial charge < -0.3 is 5.32 Å². The molecular formula is C21H17ClFNO2. The minimum absolute atomic E-state index is 0.0515. The Balaban J connectivity index is 1.76. The molecule has 26 heavy (non-hydrogen) atoms. The molecule has 1 aliphatic carbocycles. The Morgan fingerprint density at radius 2 is 1.62 bits per heavy atom. The third-order valence-electron chi connectivity index (χ3n) is 5.16. The van der Waals surface area contributed by atoms with E-state index >= 15 is 0 Å². The van der Waals surface area contributed by atoms with Gasteiger partial charge in [-0.05, 0) is 35.6 Å². The van der Waals surface area contributed by atoms with Crippen molar-refractivity contribution in [1.82, 2.24) is 5.32 Å². The van der Waals surface area contributed by atoms with E-state index in [0.717, 1.165) is 5.56 Å². The van der Waals surface area contributed by atoms with Crippen LogP contribution >= 0.6 is 11.6 Å². The molecule has 3 nitrogen and oxygen atoms in total. The number of halogens is 2. The predicted molar refractivity (Wildman–Crippen MR) is 97.4 cm³/mol. The van der Waals surface area contributed by atoms with Crippen molar-refractivity contribution in [2.75, 3.05) is 0 Å². The Kier molecular flexibility index (Phi) is 4.37. The molecule has 2 atom stereocenters. The highest BCUT2D eigenvalue weighted by Crippen LogP contribution is 2.44. The topological polar surface area (TPSA) is 46.2 Å². The highest BCUT2D eigenvalue weighted by atomic mass is 35.5. The monoisotopic (exact) mass is 369 g/mol. The van der Waals surface area contributed by atoms with Gasteiger partial charge in [-0.2, -0.15) is 0 Å².